The van der Waals surface area contributed by atoms with E-state index < -0.39 is 10.0 Å². The predicted molar refractivity (Wildman–Crippen MR) is 124 cm³/mol. The topological polar surface area (TPSA) is 92.3 Å². The van der Waals surface area contributed by atoms with Crippen molar-refractivity contribution in [2.24, 2.45) is 5.92 Å². The highest BCUT2D eigenvalue weighted by atomic mass is 32.2. The molecule has 31 heavy (non-hydrogen) atoms. The normalized spacial score (nSPS) is 16.2. The van der Waals surface area contributed by atoms with Crippen LogP contribution in [0.15, 0.2) is 29.2 Å². The lowest BCUT2D eigenvalue weighted by Crippen LogP contribution is -2.41. The van der Waals surface area contributed by atoms with Gasteiger partial charge in [0.05, 0.1) is 4.90 Å². The van der Waals surface area contributed by atoms with Crippen molar-refractivity contribution in [3.63, 3.8) is 0 Å². The molecule has 170 valence electrons. The van der Waals surface area contributed by atoms with Gasteiger partial charge in [-0.15, -0.1) is 10.2 Å². The molecule has 0 atom stereocenters. The Hall–Kier alpha value is -1.84. The number of sulfonamides is 1. The first-order valence-corrected chi connectivity index (χ1v) is 13.3. The first-order chi connectivity index (χ1) is 14.8. The molecule has 1 saturated heterocycles. The Morgan fingerprint density at radius 1 is 1.13 bits per heavy atom. The zero-order valence-corrected chi connectivity index (χ0v) is 20.3. The van der Waals surface area contributed by atoms with Crippen molar-refractivity contribution in [2.75, 3.05) is 18.4 Å². The number of hydrogen-bond acceptors (Lipinski definition) is 6. The number of rotatable bonds is 8. The minimum absolute atomic E-state index is 0.106. The molecule has 1 amide bonds. The second kappa shape index (κ2) is 10.2. The van der Waals surface area contributed by atoms with E-state index >= 15 is 0 Å². The third kappa shape index (κ3) is 5.51. The highest BCUT2D eigenvalue weighted by molar-refractivity contribution is 7.89. The molecule has 0 bridgehead atoms. The minimum Gasteiger partial charge on any atom is -0.300 e. The molecular formula is C22H32N4O3S2. The van der Waals surface area contributed by atoms with Crippen LogP contribution in [0.4, 0.5) is 5.13 Å². The highest BCUT2D eigenvalue weighted by Gasteiger charge is 2.32. The van der Waals surface area contributed by atoms with Gasteiger partial charge in [-0.3, -0.25) is 4.79 Å². The zero-order valence-electron chi connectivity index (χ0n) is 18.7. The van der Waals surface area contributed by atoms with Crippen LogP contribution in [0.25, 0.3) is 0 Å². The van der Waals surface area contributed by atoms with Crippen LogP contribution in [-0.4, -0.2) is 41.9 Å². The average Bonchev–Trinajstić information content (AvgIpc) is 3.23. The van der Waals surface area contributed by atoms with Crippen LogP contribution >= 0.6 is 11.3 Å². The Labute approximate surface area is 189 Å². The third-order valence-corrected chi connectivity index (χ3v) is 8.93. The van der Waals surface area contributed by atoms with Crippen molar-refractivity contribution >= 4 is 32.4 Å². The maximum absolute atomic E-state index is 13.0. The van der Waals surface area contributed by atoms with Crippen LogP contribution in [0.2, 0.25) is 0 Å². The second-order valence-corrected chi connectivity index (χ2v) is 11.3. The van der Waals surface area contributed by atoms with E-state index in [1.54, 1.807) is 12.1 Å². The zero-order chi connectivity index (χ0) is 22.6. The summed E-state index contributed by atoms with van der Waals surface area (Å²) in [7, 11) is -3.54. The van der Waals surface area contributed by atoms with Gasteiger partial charge in [0.25, 0.3) is 0 Å². The fourth-order valence-electron chi connectivity index (χ4n) is 3.83. The molecule has 2 aromatic rings. The largest absolute Gasteiger partial charge is 0.300 e. The van der Waals surface area contributed by atoms with Crippen LogP contribution in [0.1, 0.15) is 75.8 Å². The number of carbonyl (C=O) groups excluding carboxylic acids is 1. The van der Waals surface area contributed by atoms with Gasteiger partial charge in [-0.05, 0) is 49.3 Å². The van der Waals surface area contributed by atoms with E-state index in [-0.39, 0.29) is 11.8 Å². The number of carbonyl (C=O) groups is 1. The van der Waals surface area contributed by atoms with Gasteiger partial charge in [-0.25, -0.2) is 8.42 Å². The van der Waals surface area contributed by atoms with Crippen LogP contribution in [0.5, 0.6) is 0 Å². The van der Waals surface area contributed by atoms with Gasteiger partial charge in [-0.2, -0.15) is 4.31 Å². The summed E-state index contributed by atoms with van der Waals surface area (Å²) in [6, 6.07) is 7.10. The standard InChI is InChI=1S/C22H32N4O3S2/c1-5-16(6-2)21-24-25-22(30-21)23-20(27)18-11-13-26(14-12-18)31(28,29)19-9-7-17(8-10-19)15(3)4/h7-10,15-16,18H,5-6,11-14H2,1-4H3,(H,23,25,27). The van der Waals surface area contributed by atoms with Gasteiger partial charge >= 0.3 is 0 Å². The van der Waals surface area contributed by atoms with Gasteiger partial charge < -0.3 is 5.32 Å². The Bertz CT molecular complexity index is 974. The third-order valence-electron chi connectivity index (χ3n) is 6.01. The van der Waals surface area contributed by atoms with Crippen LogP contribution in [-0.2, 0) is 14.8 Å². The molecule has 1 N–H and O–H groups in total. The summed E-state index contributed by atoms with van der Waals surface area (Å²) in [4.78, 5) is 13.0. The molecule has 2 heterocycles. The predicted octanol–water partition coefficient (Wildman–Crippen LogP) is 4.60. The van der Waals surface area contributed by atoms with Gasteiger partial charge in [0.1, 0.15) is 5.01 Å². The van der Waals surface area contributed by atoms with E-state index in [0.29, 0.717) is 47.8 Å². The number of nitrogens with zero attached hydrogens (tertiary/aromatic N) is 3. The summed E-state index contributed by atoms with van der Waals surface area (Å²) >= 11 is 1.43. The molecule has 9 heteroatoms. The summed E-state index contributed by atoms with van der Waals surface area (Å²) in [5.41, 5.74) is 1.11. The van der Waals surface area contributed by atoms with E-state index in [1.165, 1.54) is 15.6 Å². The number of piperidine rings is 1. The molecule has 3 rings (SSSR count). The molecule has 1 aliphatic heterocycles. The van der Waals surface area contributed by atoms with Crippen LogP contribution < -0.4 is 5.32 Å². The first kappa shape index (κ1) is 23.8. The first-order valence-electron chi connectivity index (χ1n) is 11.0. The molecule has 1 fully saturated rings. The number of amides is 1. The Morgan fingerprint density at radius 3 is 2.29 bits per heavy atom. The number of anilines is 1. The lowest BCUT2D eigenvalue weighted by molar-refractivity contribution is -0.120. The number of nitrogens with one attached hydrogen (secondary N) is 1. The summed E-state index contributed by atoms with van der Waals surface area (Å²) in [6.45, 7) is 9.06. The van der Waals surface area contributed by atoms with Crippen LogP contribution in [0, 0.1) is 5.92 Å². The highest BCUT2D eigenvalue weighted by Crippen LogP contribution is 2.30. The molecular weight excluding hydrogens is 432 g/mol. The van der Waals surface area contributed by atoms with Crippen molar-refractivity contribution in [3.8, 4) is 0 Å². The minimum atomic E-state index is -3.54. The molecule has 7 nitrogen and oxygen atoms in total. The summed E-state index contributed by atoms with van der Waals surface area (Å²) in [5.74, 6) is 0.386. The Morgan fingerprint density at radius 2 is 1.74 bits per heavy atom. The van der Waals surface area contributed by atoms with E-state index in [4.69, 9.17) is 0 Å². The van der Waals surface area contributed by atoms with Crippen molar-refractivity contribution < 1.29 is 13.2 Å². The van der Waals surface area contributed by atoms with Crippen molar-refractivity contribution in [3.05, 3.63) is 34.8 Å². The van der Waals surface area contributed by atoms with Gasteiger partial charge in [-0.1, -0.05) is 51.2 Å². The van der Waals surface area contributed by atoms with Gasteiger partial charge in [0, 0.05) is 24.9 Å². The van der Waals surface area contributed by atoms with E-state index in [1.807, 2.05) is 12.1 Å². The number of aromatic nitrogens is 2. The van der Waals surface area contributed by atoms with E-state index in [2.05, 4.69) is 43.2 Å². The van der Waals surface area contributed by atoms with Gasteiger partial charge in [0.2, 0.25) is 21.1 Å². The van der Waals surface area contributed by atoms with Gasteiger partial charge in [0.15, 0.2) is 0 Å². The van der Waals surface area contributed by atoms with E-state index in [0.717, 1.165) is 23.4 Å². The SMILES string of the molecule is CCC(CC)c1nnc(NC(=O)C2CCN(S(=O)(=O)c3ccc(C(C)C)cc3)CC2)s1. The quantitative estimate of drug-likeness (QED) is 0.616. The molecule has 0 saturated carbocycles. The monoisotopic (exact) mass is 464 g/mol. The lowest BCUT2D eigenvalue weighted by atomic mass is 9.97. The van der Waals surface area contributed by atoms with Crippen molar-refractivity contribution in [1.29, 1.82) is 0 Å². The molecule has 1 aromatic heterocycles. The Kier molecular flexibility index (Phi) is 7.82. The molecule has 0 spiro atoms. The fourth-order valence-corrected chi connectivity index (χ4v) is 6.31. The average molecular weight is 465 g/mol. The molecule has 1 aliphatic rings. The second-order valence-electron chi connectivity index (χ2n) is 8.35. The fraction of sp³-hybridized carbons (Fsp3) is 0.591. The summed E-state index contributed by atoms with van der Waals surface area (Å²) in [5, 5.41) is 12.7. The molecule has 1 aromatic carbocycles. The molecule has 0 unspecified atom stereocenters. The van der Waals surface area contributed by atoms with E-state index in [9.17, 15) is 13.2 Å². The maximum atomic E-state index is 13.0. The summed E-state index contributed by atoms with van der Waals surface area (Å²) < 4.78 is 27.4. The number of benzene rings is 1. The Balaban J connectivity index is 1.58. The summed E-state index contributed by atoms with van der Waals surface area (Å²) in [6.07, 6.45) is 2.97. The van der Waals surface area contributed by atoms with Crippen molar-refractivity contribution in [2.45, 2.75) is 70.1 Å². The van der Waals surface area contributed by atoms with Crippen LogP contribution in [0.3, 0.4) is 0 Å². The molecule has 0 aliphatic carbocycles. The number of hydrogen-bond donors (Lipinski definition) is 1. The smallest absolute Gasteiger partial charge is 0.243 e. The van der Waals surface area contributed by atoms with Crippen molar-refractivity contribution in [1.82, 2.24) is 14.5 Å². The maximum Gasteiger partial charge on any atom is 0.243 e. The lowest BCUT2D eigenvalue weighted by Gasteiger charge is -2.30. The molecule has 0 radical (unpaired) electrons.